The molecule has 1 aromatic rings. The Bertz CT molecular complexity index is 432. The summed E-state index contributed by atoms with van der Waals surface area (Å²) in [6, 6.07) is 4.94. The first-order chi connectivity index (χ1) is 8.84. The number of hydrogen-bond donors (Lipinski definition) is 2. The summed E-state index contributed by atoms with van der Waals surface area (Å²) in [4.78, 5) is 11.6. The van der Waals surface area contributed by atoms with Crippen molar-refractivity contribution >= 4 is 5.91 Å². The molecule has 0 bridgehead atoms. The summed E-state index contributed by atoms with van der Waals surface area (Å²) in [6.45, 7) is 2.36. The Hall–Kier alpha value is -1.56. The molecular formula is C13H17F3N2O. The van der Waals surface area contributed by atoms with Gasteiger partial charge in [-0.05, 0) is 24.7 Å². The van der Waals surface area contributed by atoms with Crippen molar-refractivity contribution in [2.75, 3.05) is 13.6 Å². The molecule has 19 heavy (non-hydrogen) atoms. The van der Waals surface area contributed by atoms with Crippen molar-refractivity contribution in [3.05, 3.63) is 35.4 Å². The molecule has 0 saturated heterocycles. The molecule has 0 aromatic heterocycles. The lowest BCUT2D eigenvalue weighted by molar-refractivity contribution is -0.137. The molecule has 1 unspecified atom stereocenters. The van der Waals surface area contributed by atoms with Crippen molar-refractivity contribution in [2.24, 2.45) is 5.92 Å². The summed E-state index contributed by atoms with van der Waals surface area (Å²) in [7, 11) is 1.73. The second-order valence-electron chi connectivity index (χ2n) is 4.37. The van der Waals surface area contributed by atoms with E-state index < -0.39 is 11.7 Å². The number of carbonyl (C=O) groups is 1. The highest BCUT2D eigenvalue weighted by Gasteiger charge is 2.30. The third-order valence-electron chi connectivity index (χ3n) is 2.68. The Morgan fingerprint density at radius 2 is 2.05 bits per heavy atom. The third kappa shape index (κ3) is 4.90. The van der Waals surface area contributed by atoms with E-state index in [1.54, 1.807) is 20.0 Å². The standard InChI is InChI=1S/C13H17F3N2O/c1-9(7-17-2)12(19)18-8-10-4-3-5-11(6-10)13(14,15)16/h3-6,9,17H,7-8H2,1-2H3,(H,18,19). The van der Waals surface area contributed by atoms with Gasteiger partial charge in [0.2, 0.25) is 5.91 Å². The molecule has 0 heterocycles. The van der Waals surface area contributed by atoms with Gasteiger partial charge >= 0.3 is 6.18 Å². The monoisotopic (exact) mass is 274 g/mol. The molecular weight excluding hydrogens is 257 g/mol. The number of halogens is 3. The van der Waals surface area contributed by atoms with Crippen LogP contribution < -0.4 is 10.6 Å². The van der Waals surface area contributed by atoms with E-state index in [9.17, 15) is 18.0 Å². The highest BCUT2D eigenvalue weighted by Crippen LogP contribution is 2.29. The normalized spacial score (nSPS) is 13.1. The molecule has 0 radical (unpaired) electrons. The van der Waals surface area contributed by atoms with Crippen LogP contribution in [0.1, 0.15) is 18.1 Å². The van der Waals surface area contributed by atoms with Gasteiger partial charge in [0.15, 0.2) is 0 Å². The van der Waals surface area contributed by atoms with E-state index in [1.165, 1.54) is 6.07 Å². The van der Waals surface area contributed by atoms with Gasteiger partial charge in [0.05, 0.1) is 5.56 Å². The smallest absolute Gasteiger partial charge is 0.352 e. The van der Waals surface area contributed by atoms with E-state index in [4.69, 9.17) is 0 Å². The van der Waals surface area contributed by atoms with E-state index >= 15 is 0 Å². The van der Waals surface area contributed by atoms with E-state index in [2.05, 4.69) is 10.6 Å². The second kappa shape index (κ2) is 6.56. The molecule has 1 rings (SSSR count). The number of rotatable bonds is 5. The second-order valence-corrected chi connectivity index (χ2v) is 4.37. The van der Waals surface area contributed by atoms with Crippen molar-refractivity contribution in [2.45, 2.75) is 19.6 Å². The van der Waals surface area contributed by atoms with E-state index in [1.807, 2.05) is 0 Å². The van der Waals surface area contributed by atoms with Crippen LogP contribution in [0.3, 0.4) is 0 Å². The molecule has 1 amide bonds. The maximum absolute atomic E-state index is 12.5. The molecule has 0 spiro atoms. The van der Waals surface area contributed by atoms with Crippen molar-refractivity contribution < 1.29 is 18.0 Å². The molecule has 2 N–H and O–H groups in total. The maximum Gasteiger partial charge on any atom is 0.416 e. The van der Waals surface area contributed by atoms with Crippen LogP contribution in [-0.4, -0.2) is 19.5 Å². The number of amides is 1. The van der Waals surface area contributed by atoms with Crippen molar-refractivity contribution in [3.63, 3.8) is 0 Å². The summed E-state index contributed by atoms with van der Waals surface area (Å²) in [5.41, 5.74) is -0.276. The summed E-state index contributed by atoms with van der Waals surface area (Å²) in [5, 5.41) is 5.48. The van der Waals surface area contributed by atoms with Crippen LogP contribution in [0.25, 0.3) is 0 Å². The average molecular weight is 274 g/mol. The summed E-state index contributed by atoms with van der Waals surface area (Å²) >= 11 is 0. The van der Waals surface area contributed by atoms with E-state index in [-0.39, 0.29) is 18.4 Å². The molecule has 0 fully saturated rings. The third-order valence-corrected chi connectivity index (χ3v) is 2.68. The summed E-state index contributed by atoms with van der Waals surface area (Å²) in [5.74, 6) is -0.414. The molecule has 1 atom stereocenters. The Morgan fingerprint density at radius 3 is 2.63 bits per heavy atom. The van der Waals surface area contributed by atoms with Crippen molar-refractivity contribution in [1.82, 2.24) is 10.6 Å². The van der Waals surface area contributed by atoms with Crippen LogP contribution in [0.4, 0.5) is 13.2 Å². The first-order valence-electron chi connectivity index (χ1n) is 5.93. The Morgan fingerprint density at radius 1 is 1.37 bits per heavy atom. The van der Waals surface area contributed by atoms with Crippen LogP contribution in [0.2, 0.25) is 0 Å². The minimum atomic E-state index is -4.36. The predicted molar refractivity (Wildman–Crippen MR) is 66.4 cm³/mol. The first-order valence-corrected chi connectivity index (χ1v) is 5.93. The minimum absolute atomic E-state index is 0.0941. The van der Waals surface area contributed by atoms with Gasteiger partial charge in [-0.15, -0.1) is 0 Å². The predicted octanol–water partition coefficient (Wildman–Crippen LogP) is 2.18. The zero-order valence-corrected chi connectivity index (χ0v) is 10.8. The molecule has 0 saturated carbocycles. The van der Waals surface area contributed by atoms with Crippen LogP contribution >= 0.6 is 0 Å². The molecule has 0 aliphatic rings. The van der Waals surface area contributed by atoms with Crippen LogP contribution in [0.5, 0.6) is 0 Å². The maximum atomic E-state index is 12.5. The molecule has 0 aliphatic carbocycles. The van der Waals surface area contributed by atoms with Gasteiger partial charge in [-0.2, -0.15) is 13.2 Å². The molecule has 0 aliphatic heterocycles. The Kier molecular flexibility index (Phi) is 5.35. The zero-order valence-electron chi connectivity index (χ0n) is 10.8. The molecule has 1 aromatic carbocycles. The lowest BCUT2D eigenvalue weighted by Gasteiger charge is -2.12. The number of alkyl halides is 3. The van der Waals surface area contributed by atoms with Gasteiger partial charge in [-0.25, -0.2) is 0 Å². The highest BCUT2D eigenvalue weighted by molar-refractivity contribution is 5.78. The van der Waals surface area contributed by atoms with Gasteiger partial charge in [-0.3, -0.25) is 4.79 Å². The van der Waals surface area contributed by atoms with Gasteiger partial charge in [0.1, 0.15) is 0 Å². The highest BCUT2D eigenvalue weighted by atomic mass is 19.4. The fourth-order valence-electron chi connectivity index (χ4n) is 1.62. The van der Waals surface area contributed by atoms with Gasteiger partial charge in [0.25, 0.3) is 0 Å². The fraction of sp³-hybridized carbons (Fsp3) is 0.462. The largest absolute Gasteiger partial charge is 0.416 e. The Labute approximate surface area is 110 Å². The van der Waals surface area contributed by atoms with Gasteiger partial charge in [-0.1, -0.05) is 19.1 Å². The number of hydrogen-bond acceptors (Lipinski definition) is 2. The lowest BCUT2D eigenvalue weighted by Crippen LogP contribution is -2.33. The summed E-state index contributed by atoms with van der Waals surface area (Å²) in [6.07, 6.45) is -4.36. The average Bonchev–Trinajstić information content (AvgIpc) is 2.35. The Balaban J connectivity index is 2.61. The first kappa shape index (κ1) is 15.5. The van der Waals surface area contributed by atoms with Crippen molar-refractivity contribution in [3.8, 4) is 0 Å². The fourth-order valence-corrected chi connectivity index (χ4v) is 1.62. The number of benzene rings is 1. The van der Waals surface area contributed by atoms with Crippen molar-refractivity contribution in [1.29, 1.82) is 0 Å². The molecule has 3 nitrogen and oxygen atoms in total. The zero-order chi connectivity index (χ0) is 14.5. The lowest BCUT2D eigenvalue weighted by atomic mass is 10.1. The van der Waals surface area contributed by atoms with Crippen LogP contribution in [0, 0.1) is 5.92 Å². The SMILES string of the molecule is CNCC(C)C(=O)NCc1cccc(C(F)(F)F)c1. The number of carbonyl (C=O) groups excluding carboxylic acids is 1. The topological polar surface area (TPSA) is 41.1 Å². The number of nitrogens with one attached hydrogen (secondary N) is 2. The van der Waals surface area contributed by atoms with Gasteiger partial charge in [0, 0.05) is 19.0 Å². The van der Waals surface area contributed by atoms with Gasteiger partial charge < -0.3 is 10.6 Å². The quantitative estimate of drug-likeness (QED) is 0.864. The van der Waals surface area contributed by atoms with E-state index in [0.29, 0.717) is 12.1 Å². The molecule has 6 heteroatoms. The molecule has 106 valence electrons. The van der Waals surface area contributed by atoms with E-state index in [0.717, 1.165) is 12.1 Å². The van der Waals surface area contributed by atoms with Crippen LogP contribution in [0.15, 0.2) is 24.3 Å². The summed E-state index contributed by atoms with van der Waals surface area (Å²) < 4.78 is 37.5. The minimum Gasteiger partial charge on any atom is -0.352 e. The van der Waals surface area contributed by atoms with Crippen LogP contribution in [-0.2, 0) is 17.5 Å².